The van der Waals surface area contributed by atoms with E-state index in [1.54, 1.807) is 36.8 Å². The summed E-state index contributed by atoms with van der Waals surface area (Å²) in [5.41, 5.74) is 0.597. The molecule has 0 fully saturated rings. The van der Waals surface area contributed by atoms with Crippen LogP contribution in [0.25, 0.3) is 0 Å². The molecule has 4 nitrogen and oxygen atoms in total. The molecule has 0 aliphatic heterocycles. The lowest BCUT2D eigenvalue weighted by atomic mass is 10.2. The van der Waals surface area contributed by atoms with Crippen LogP contribution in [0, 0.1) is 0 Å². The highest BCUT2D eigenvalue weighted by atomic mass is 32.2. The smallest absolute Gasteiger partial charge is 0.193 e. The van der Waals surface area contributed by atoms with Crippen molar-refractivity contribution >= 4 is 17.5 Å². The number of hydrogen-bond donors (Lipinski definition) is 0. The van der Waals surface area contributed by atoms with Gasteiger partial charge in [0.15, 0.2) is 10.9 Å². The lowest BCUT2D eigenvalue weighted by Gasteiger charge is -2.02. The number of rotatable bonds is 3. The fraction of sp³-hybridized carbons (Fsp3) is 0.0909. The number of nitrogens with zero attached hydrogens (tertiary/aromatic N) is 3. The average Bonchev–Trinajstić information content (AvgIpc) is 2.31. The Morgan fingerprint density at radius 1 is 1.12 bits per heavy atom. The van der Waals surface area contributed by atoms with Crippen LogP contribution in [0.1, 0.15) is 17.3 Å². The Bertz CT molecular complexity index is 502. The molecule has 16 heavy (non-hydrogen) atoms. The minimum Gasteiger partial charge on any atom is -0.294 e. The van der Waals surface area contributed by atoms with E-state index in [-0.39, 0.29) is 5.78 Å². The summed E-state index contributed by atoms with van der Waals surface area (Å²) in [6.07, 6.45) is 4.97. The number of hydrogen-bond acceptors (Lipinski definition) is 5. The summed E-state index contributed by atoms with van der Waals surface area (Å²) in [7, 11) is 0. The van der Waals surface area contributed by atoms with Crippen LogP contribution in [-0.2, 0) is 0 Å². The molecule has 0 saturated carbocycles. The first-order valence-electron chi connectivity index (χ1n) is 4.68. The van der Waals surface area contributed by atoms with E-state index in [1.807, 2.05) is 0 Å². The Morgan fingerprint density at radius 2 is 1.81 bits per heavy atom. The predicted octanol–water partition coefficient (Wildman–Crippen LogP) is 2.23. The summed E-state index contributed by atoms with van der Waals surface area (Å²) in [5.74, 6) is -0.00784. The van der Waals surface area contributed by atoms with Gasteiger partial charge in [-0.3, -0.25) is 4.79 Å². The van der Waals surface area contributed by atoms with Gasteiger partial charge in [0.25, 0.3) is 0 Å². The van der Waals surface area contributed by atoms with Gasteiger partial charge in [-0.2, -0.15) is 0 Å². The molecule has 0 aromatic carbocycles. The topological polar surface area (TPSA) is 55.7 Å². The highest BCUT2D eigenvalue weighted by molar-refractivity contribution is 7.99. The SMILES string of the molecule is CC(=O)c1cccnc1Sc1ncccn1. The predicted molar refractivity (Wildman–Crippen MR) is 60.4 cm³/mol. The van der Waals surface area contributed by atoms with E-state index >= 15 is 0 Å². The van der Waals surface area contributed by atoms with Gasteiger partial charge in [0.2, 0.25) is 0 Å². The molecule has 2 rings (SSSR count). The highest BCUT2D eigenvalue weighted by Crippen LogP contribution is 2.25. The maximum absolute atomic E-state index is 11.4. The van der Waals surface area contributed by atoms with E-state index in [0.29, 0.717) is 15.7 Å². The second-order valence-corrected chi connectivity index (χ2v) is 4.00. The molecule has 2 aromatic rings. The number of carbonyl (C=O) groups excluding carboxylic acids is 1. The maximum Gasteiger partial charge on any atom is 0.193 e. The molecule has 0 amide bonds. The van der Waals surface area contributed by atoms with Gasteiger partial charge in [-0.1, -0.05) is 0 Å². The molecule has 80 valence electrons. The molecule has 2 heterocycles. The third-order valence-electron chi connectivity index (χ3n) is 1.88. The third-order valence-corrected chi connectivity index (χ3v) is 2.79. The zero-order chi connectivity index (χ0) is 11.4. The first kappa shape index (κ1) is 10.8. The number of pyridine rings is 1. The monoisotopic (exact) mass is 231 g/mol. The Morgan fingerprint density at radius 3 is 2.50 bits per heavy atom. The van der Waals surface area contributed by atoms with Gasteiger partial charge in [0, 0.05) is 24.2 Å². The van der Waals surface area contributed by atoms with Crippen molar-refractivity contribution < 1.29 is 4.79 Å². The van der Waals surface area contributed by atoms with Crippen LogP contribution >= 0.6 is 11.8 Å². The molecular formula is C11H9N3OS. The quantitative estimate of drug-likeness (QED) is 0.599. The summed E-state index contributed by atoms with van der Waals surface area (Å²) in [5, 5.41) is 1.23. The number of carbonyl (C=O) groups is 1. The molecule has 0 saturated heterocycles. The Balaban J connectivity index is 2.31. The number of ketones is 1. The Labute approximate surface area is 97.2 Å². The molecule has 0 bridgehead atoms. The molecule has 0 atom stereocenters. The first-order valence-corrected chi connectivity index (χ1v) is 5.50. The molecule has 0 N–H and O–H groups in total. The van der Waals surface area contributed by atoms with Crippen LogP contribution in [-0.4, -0.2) is 20.7 Å². The standard InChI is InChI=1S/C11H9N3OS/c1-8(15)9-4-2-5-12-10(9)16-11-13-6-3-7-14-11/h2-7H,1H3. The first-order chi connectivity index (χ1) is 7.77. The molecular weight excluding hydrogens is 222 g/mol. The lowest BCUT2D eigenvalue weighted by Crippen LogP contribution is -1.97. The number of Topliss-reactive ketones (excluding diaryl/α,β-unsaturated/α-hetero) is 1. The van der Waals surface area contributed by atoms with Crippen molar-refractivity contribution in [3.05, 3.63) is 42.4 Å². The van der Waals surface area contributed by atoms with E-state index in [1.165, 1.54) is 18.7 Å². The molecule has 0 radical (unpaired) electrons. The van der Waals surface area contributed by atoms with Crippen molar-refractivity contribution in [2.75, 3.05) is 0 Å². The van der Waals surface area contributed by atoms with Crippen molar-refractivity contribution in [3.8, 4) is 0 Å². The van der Waals surface area contributed by atoms with Crippen molar-refractivity contribution in [1.29, 1.82) is 0 Å². The molecule has 0 aliphatic rings. The van der Waals surface area contributed by atoms with Crippen molar-refractivity contribution in [3.63, 3.8) is 0 Å². The van der Waals surface area contributed by atoms with E-state index in [9.17, 15) is 4.79 Å². The zero-order valence-electron chi connectivity index (χ0n) is 8.62. The van der Waals surface area contributed by atoms with Gasteiger partial charge in [0.05, 0.1) is 0 Å². The van der Waals surface area contributed by atoms with Crippen molar-refractivity contribution in [1.82, 2.24) is 15.0 Å². The summed E-state index contributed by atoms with van der Waals surface area (Å²) >= 11 is 1.29. The minimum absolute atomic E-state index is 0.00784. The molecule has 0 aliphatic carbocycles. The van der Waals surface area contributed by atoms with Gasteiger partial charge in [-0.15, -0.1) is 0 Å². The molecule has 0 unspecified atom stereocenters. The summed E-state index contributed by atoms with van der Waals surface area (Å²) in [6, 6.07) is 5.24. The normalized spacial score (nSPS) is 10.1. The van der Waals surface area contributed by atoms with Gasteiger partial charge in [0.1, 0.15) is 5.03 Å². The maximum atomic E-state index is 11.4. The van der Waals surface area contributed by atoms with Crippen LogP contribution < -0.4 is 0 Å². The van der Waals surface area contributed by atoms with Gasteiger partial charge in [-0.05, 0) is 36.9 Å². The van der Waals surface area contributed by atoms with Crippen LogP contribution in [0.3, 0.4) is 0 Å². The van der Waals surface area contributed by atoms with Crippen LogP contribution in [0.5, 0.6) is 0 Å². The van der Waals surface area contributed by atoms with Crippen LogP contribution in [0.4, 0.5) is 0 Å². The average molecular weight is 231 g/mol. The fourth-order valence-corrected chi connectivity index (χ4v) is 2.00. The van der Waals surface area contributed by atoms with Gasteiger partial charge < -0.3 is 0 Å². The summed E-state index contributed by atoms with van der Waals surface area (Å²) in [4.78, 5) is 23.7. The van der Waals surface area contributed by atoms with E-state index < -0.39 is 0 Å². The van der Waals surface area contributed by atoms with Crippen molar-refractivity contribution in [2.45, 2.75) is 17.1 Å². The number of aromatic nitrogens is 3. The Kier molecular flexibility index (Phi) is 3.26. The summed E-state index contributed by atoms with van der Waals surface area (Å²) < 4.78 is 0. The summed E-state index contributed by atoms with van der Waals surface area (Å²) in [6.45, 7) is 1.52. The minimum atomic E-state index is -0.00784. The molecule has 0 spiro atoms. The Hall–Kier alpha value is -1.75. The van der Waals surface area contributed by atoms with Crippen LogP contribution in [0.15, 0.2) is 47.0 Å². The van der Waals surface area contributed by atoms with E-state index in [0.717, 1.165) is 0 Å². The largest absolute Gasteiger partial charge is 0.294 e. The van der Waals surface area contributed by atoms with Crippen molar-refractivity contribution in [2.24, 2.45) is 0 Å². The third kappa shape index (κ3) is 2.43. The van der Waals surface area contributed by atoms with Crippen LogP contribution in [0.2, 0.25) is 0 Å². The molecule has 5 heteroatoms. The van der Waals surface area contributed by atoms with E-state index in [2.05, 4.69) is 15.0 Å². The van der Waals surface area contributed by atoms with E-state index in [4.69, 9.17) is 0 Å². The van der Waals surface area contributed by atoms with Gasteiger partial charge in [-0.25, -0.2) is 15.0 Å². The zero-order valence-corrected chi connectivity index (χ0v) is 9.44. The van der Waals surface area contributed by atoms with Gasteiger partial charge >= 0.3 is 0 Å². The lowest BCUT2D eigenvalue weighted by molar-refractivity contribution is 0.101. The highest BCUT2D eigenvalue weighted by Gasteiger charge is 2.10. The second-order valence-electron chi connectivity index (χ2n) is 3.05. The fourth-order valence-electron chi connectivity index (χ4n) is 1.16. The molecule has 2 aromatic heterocycles. The second kappa shape index (κ2) is 4.85.